The first-order valence-electron chi connectivity index (χ1n) is 19.3. The van der Waals surface area contributed by atoms with Crippen molar-refractivity contribution < 1.29 is 38.1 Å². The van der Waals surface area contributed by atoms with E-state index in [2.05, 4.69) is 68.0 Å². The van der Waals surface area contributed by atoms with Gasteiger partial charge in [-0.2, -0.15) is 5.26 Å². The Hall–Kier alpha value is -7.62. The van der Waals surface area contributed by atoms with Gasteiger partial charge < -0.3 is 23.5 Å². The van der Waals surface area contributed by atoms with Crippen molar-refractivity contribution in [3.63, 3.8) is 0 Å². The lowest BCUT2D eigenvalue weighted by molar-refractivity contribution is -0.136. The number of nitriles is 1. The first kappa shape index (κ1) is 37.9. The maximum atomic E-state index is 13.0. The lowest BCUT2D eigenvalue weighted by atomic mass is 9.92. The molecule has 6 heterocycles. The van der Waals surface area contributed by atoms with Crippen molar-refractivity contribution in [2.75, 3.05) is 19.8 Å². The van der Waals surface area contributed by atoms with Crippen LogP contribution >= 0.6 is 0 Å². The van der Waals surface area contributed by atoms with E-state index in [9.17, 15) is 24.4 Å². The van der Waals surface area contributed by atoms with E-state index in [0.29, 0.717) is 41.5 Å². The lowest BCUT2D eigenvalue weighted by Crippen LogP contribution is -2.54. The van der Waals surface area contributed by atoms with Gasteiger partial charge in [0.25, 0.3) is 11.8 Å². The maximum absolute atomic E-state index is 13.0. The van der Waals surface area contributed by atoms with Gasteiger partial charge in [-0.3, -0.25) is 34.4 Å². The molecule has 1 aliphatic carbocycles. The fraction of sp³-hybridized carbons (Fsp3) is 0.244. The molecule has 3 aliphatic rings. The second kappa shape index (κ2) is 16.0. The topological polar surface area (TPSA) is 188 Å². The van der Waals surface area contributed by atoms with Crippen LogP contribution in [0.5, 0.6) is 17.4 Å². The van der Waals surface area contributed by atoms with Crippen molar-refractivity contribution in [2.24, 2.45) is 7.05 Å². The van der Waals surface area contributed by atoms with Gasteiger partial charge in [-0.15, -0.1) is 0 Å². The first-order valence-corrected chi connectivity index (χ1v) is 19.3. The molecule has 1 atom stereocenters. The van der Waals surface area contributed by atoms with Crippen LogP contribution in [0.1, 0.15) is 57.7 Å². The van der Waals surface area contributed by atoms with Gasteiger partial charge in [0.2, 0.25) is 17.7 Å². The molecule has 2 aromatic carbocycles. The molecule has 2 aliphatic heterocycles. The molecule has 60 heavy (non-hydrogen) atoms. The number of nitrogens with one attached hydrogen (secondary N) is 1. The highest BCUT2D eigenvalue weighted by Crippen LogP contribution is 2.34. The van der Waals surface area contributed by atoms with Gasteiger partial charge in [-0.25, -0.2) is 9.97 Å². The number of pyridine rings is 3. The maximum Gasteiger partial charge on any atom is 0.262 e. The van der Waals surface area contributed by atoms with Gasteiger partial charge in [0.15, 0.2) is 5.75 Å². The average Bonchev–Trinajstić information content (AvgIpc) is 3.67. The number of benzene rings is 2. The Balaban J connectivity index is 0.710. The standard InChI is InChI=1S/C45H35N7O8/c1-51-37-12-13-47-24-36(37)33-7-4-26(18-39(33)51)27-5-11-42(49-23-27)60-32-19-31(20-32)59-40-25-48-29(17-28(40)22-46)3-2-14-57-15-16-58-30-6-8-34-35(21-30)45(56)52(44(34)55)38-9-10-41(53)50-43(38)54/h4-8,11-13,17-18,21,23-25,31-32,38H,9-10,14-16,19-20H2,1H3,(H,50,53,54). The number of carbonyl (C=O) groups is 4. The van der Waals surface area contributed by atoms with Gasteiger partial charge in [-0.05, 0) is 60.4 Å². The number of fused-ring (bicyclic) bond motifs is 4. The van der Waals surface area contributed by atoms with Crippen LogP contribution in [0.3, 0.4) is 0 Å². The van der Waals surface area contributed by atoms with Crippen LogP contribution in [-0.4, -0.2) is 86.1 Å². The number of rotatable bonds is 11. The molecule has 1 unspecified atom stereocenters. The van der Waals surface area contributed by atoms with Crippen LogP contribution < -0.4 is 19.5 Å². The van der Waals surface area contributed by atoms with Crippen molar-refractivity contribution in [3.8, 4) is 46.4 Å². The Morgan fingerprint density at radius 1 is 0.833 bits per heavy atom. The summed E-state index contributed by atoms with van der Waals surface area (Å²) in [5.41, 5.74) is 5.31. The van der Waals surface area contributed by atoms with Gasteiger partial charge >= 0.3 is 0 Å². The summed E-state index contributed by atoms with van der Waals surface area (Å²) in [5, 5.41) is 14.2. The van der Waals surface area contributed by atoms with Crippen LogP contribution in [0.2, 0.25) is 0 Å². The predicted octanol–water partition coefficient (Wildman–Crippen LogP) is 4.89. The fourth-order valence-corrected chi connectivity index (χ4v) is 7.61. The number of aryl methyl sites for hydroxylation is 1. The number of nitrogens with zero attached hydrogens (tertiary/aromatic N) is 6. The van der Waals surface area contributed by atoms with E-state index >= 15 is 0 Å². The molecular formula is C45H35N7O8. The van der Waals surface area contributed by atoms with Gasteiger partial charge in [-0.1, -0.05) is 18.1 Å². The normalized spacial score (nSPS) is 18.3. The minimum atomic E-state index is -1.04. The Labute approximate surface area is 342 Å². The summed E-state index contributed by atoms with van der Waals surface area (Å²) in [4.78, 5) is 63.8. The number of amides is 4. The summed E-state index contributed by atoms with van der Waals surface area (Å²) < 4.78 is 25.6. The molecule has 0 radical (unpaired) electrons. The van der Waals surface area contributed by atoms with E-state index in [1.54, 1.807) is 18.3 Å². The van der Waals surface area contributed by atoms with Crippen LogP contribution in [0.4, 0.5) is 0 Å². The predicted molar refractivity (Wildman–Crippen MR) is 215 cm³/mol. The van der Waals surface area contributed by atoms with Crippen LogP contribution in [0, 0.1) is 23.2 Å². The number of aromatic nitrogens is 4. The smallest absolute Gasteiger partial charge is 0.262 e. The van der Waals surface area contributed by atoms with Crippen LogP contribution in [0.15, 0.2) is 85.5 Å². The van der Waals surface area contributed by atoms with Crippen molar-refractivity contribution in [3.05, 3.63) is 108 Å². The zero-order chi connectivity index (χ0) is 41.3. The number of piperidine rings is 1. The Morgan fingerprint density at radius 3 is 2.48 bits per heavy atom. The Kier molecular flexibility index (Phi) is 10.1. The monoisotopic (exact) mass is 801 g/mol. The van der Waals surface area contributed by atoms with Gasteiger partial charge in [0.05, 0.1) is 35.0 Å². The minimum Gasteiger partial charge on any atom is -0.491 e. The molecule has 298 valence electrons. The molecule has 4 aromatic heterocycles. The zero-order valence-electron chi connectivity index (χ0n) is 32.2. The molecule has 0 bridgehead atoms. The molecule has 6 aromatic rings. The van der Waals surface area contributed by atoms with E-state index < -0.39 is 29.7 Å². The number of imide groups is 2. The molecule has 2 fully saturated rings. The van der Waals surface area contributed by atoms with E-state index in [-0.39, 0.29) is 56.0 Å². The second-order valence-corrected chi connectivity index (χ2v) is 14.6. The number of hydrogen-bond acceptors (Lipinski definition) is 12. The molecule has 0 spiro atoms. The number of hydrogen-bond donors (Lipinski definition) is 1. The summed E-state index contributed by atoms with van der Waals surface area (Å²) in [7, 11) is 2.06. The van der Waals surface area contributed by atoms with E-state index in [4.69, 9.17) is 18.9 Å². The van der Waals surface area contributed by atoms with Crippen LogP contribution in [0.25, 0.3) is 32.9 Å². The van der Waals surface area contributed by atoms with E-state index in [1.807, 2.05) is 30.6 Å². The highest BCUT2D eigenvalue weighted by molar-refractivity contribution is 6.23. The Morgan fingerprint density at radius 2 is 1.67 bits per heavy atom. The molecule has 1 N–H and O–H groups in total. The molecule has 15 heteroatoms. The van der Waals surface area contributed by atoms with Gasteiger partial charge in [0.1, 0.15) is 49.0 Å². The van der Waals surface area contributed by atoms with Crippen molar-refractivity contribution >= 4 is 45.4 Å². The number of carbonyl (C=O) groups excluding carboxylic acids is 4. The van der Waals surface area contributed by atoms with Crippen molar-refractivity contribution in [2.45, 2.75) is 43.9 Å². The highest BCUT2D eigenvalue weighted by atomic mass is 16.5. The third-order valence-electron chi connectivity index (χ3n) is 10.8. The lowest BCUT2D eigenvalue weighted by Gasteiger charge is -2.35. The summed E-state index contributed by atoms with van der Waals surface area (Å²) >= 11 is 0. The SMILES string of the molecule is Cn1c2ccncc2c2ccc(-c3ccc(OC4CC(Oc5cnc(C#CCOCCOc6ccc7c(c6)C(=O)N(C6CCC(=O)NC6=O)C7=O)cc5C#N)C4)nc3)cc21. The molecule has 4 amide bonds. The van der Waals surface area contributed by atoms with Crippen molar-refractivity contribution in [1.29, 1.82) is 5.26 Å². The molecule has 9 rings (SSSR count). The summed E-state index contributed by atoms with van der Waals surface area (Å²) in [6.07, 6.45) is 8.21. The van der Waals surface area contributed by atoms with Gasteiger partial charge in [0, 0.05) is 72.8 Å². The third-order valence-corrected chi connectivity index (χ3v) is 10.8. The Bertz CT molecular complexity index is 2830. The fourth-order valence-electron chi connectivity index (χ4n) is 7.61. The van der Waals surface area contributed by atoms with E-state index in [0.717, 1.165) is 37.8 Å². The zero-order valence-corrected chi connectivity index (χ0v) is 32.2. The largest absolute Gasteiger partial charge is 0.491 e. The number of ether oxygens (including phenoxy) is 4. The quantitative estimate of drug-likeness (QED) is 0.106. The molecule has 15 nitrogen and oxygen atoms in total. The highest BCUT2D eigenvalue weighted by Gasteiger charge is 2.44. The average molecular weight is 802 g/mol. The summed E-state index contributed by atoms with van der Waals surface area (Å²) in [5.74, 6) is 4.72. The molecule has 1 saturated carbocycles. The summed E-state index contributed by atoms with van der Waals surface area (Å²) in [6, 6.07) is 19.5. The minimum absolute atomic E-state index is 0.0432. The van der Waals surface area contributed by atoms with E-state index in [1.165, 1.54) is 18.3 Å². The third kappa shape index (κ3) is 7.34. The molecular weight excluding hydrogens is 767 g/mol. The van der Waals surface area contributed by atoms with Crippen molar-refractivity contribution in [1.82, 2.24) is 29.7 Å². The second-order valence-electron chi connectivity index (χ2n) is 14.6. The first-order chi connectivity index (χ1) is 29.2. The van der Waals surface area contributed by atoms with Crippen LogP contribution in [-0.2, 0) is 21.4 Å². The molecule has 1 saturated heterocycles. The summed E-state index contributed by atoms with van der Waals surface area (Å²) in [6.45, 7) is 0.393.